The Morgan fingerprint density at radius 2 is 1.88 bits per heavy atom. The van der Waals surface area contributed by atoms with Crippen LogP contribution in [0.2, 0.25) is 0 Å². The van der Waals surface area contributed by atoms with Crippen LogP contribution >= 0.6 is 0 Å². The molecule has 2 fully saturated rings. The van der Waals surface area contributed by atoms with Crippen molar-refractivity contribution in [3.8, 4) is 0 Å². The Hall–Kier alpha value is -0.730. The third kappa shape index (κ3) is 1.52. The Kier molecular flexibility index (Phi) is 2.37. The smallest absolute Gasteiger partial charge is 0.192 e. The van der Waals surface area contributed by atoms with Crippen molar-refractivity contribution in [3.63, 3.8) is 0 Å². The van der Waals surface area contributed by atoms with Crippen LogP contribution in [-0.4, -0.2) is 29.0 Å². The van der Waals surface area contributed by atoms with E-state index in [-0.39, 0.29) is 5.54 Å². The molecule has 3 nitrogen and oxygen atoms in total. The summed E-state index contributed by atoms with van der Waals surface area (Å²) in [5.41, 5.74) is 6.32. The van der Waals surface area contributed by atoms with Crippen LogP contribution in [0.15, 0.2) is 4.99 Å². The maximum Gasteiger partial charge on any atom is 0.192 e. The molecule has 1 unspecified atom stereocenters. The molecule has 2 aliphatic carbocycles. The zero-order valence-corrected chi connectivity index (χ0v) is 10.3. The maximum absolute atomic E-state index is 6.08. The fourth-order valence-electron chi connectivity index (χ4n) is 3.64. The topological polar surface area (TPSA) is 41.6 Å². The molecule has 0 aromatic carbocycles. The second-order valence-corrected chi connectivity index (χ2v) is 5.97. The number of aliphatic imine (C=N–C) groups is 1. The molecule has 0 amide bonds. The van der Waals surface area contributed by atoms with E-state index in [1.807, 2.05) is 0 Å². The minimum Gasteiger partial charge on any atom is -0.370 e. The van der Waals surface area contributed by atoms with Crippen molar-refractivity contribution in [3.05, 3.63) is 0 Å². The van der Waals surface area contributed by atoms with Crippen molar-refractivity contribution in [1.29, 1.82) is 0 Å². The van der Waals surface area contributed by atoms with E-state index in [2.05, 4.69) is 16.8 Å². The van der Waals surface area contributed by atoms with Crippen molar-refractivity contribution in [2.24, 2.45) is 16.6 Å². The van der Waals surface area contributed by atoms with Gasteiger partial charge in [0.1, 0.15) is 0 Å². The van der Waals surface area contributed by atoms with Crippen molar-refractivity contribution >= 4 is 5.96 Å². The molecule has 90 valence electrons. The first kappa shape index (κ1) is 10.4. The molecule has 0 aromatic heterocycles. The van der Waals surface area contributed by atoms with E-state index in [1.165, 1.54) is 44.9 Å². The fraction of sp³-hybridized carbons (Fsp3) is 0.923. The molecule has 16 heavy (non-hydrogen) atoms. The highest BCUT2D eigenvalue weighted by atomic mass is 15.4. The van der Waals surface area contributed by atoms with E-state index >= 15 is 0 Å². The Morgan fingerprint density at radius 3 is 2.50 bits per heavy atom. The van der Waals surface area contributed by atoms with Crippen LogP contribution in [0.25, 0.3) is 0 Å². The molecule has 1 atom stereocenters. The normalized spacial score (nSPS) is 36.6. The molecule has 0 bridgehead atoms. The van der Waals surface area contributed by atoms with E-state index in [0.29, 0.717) is 6.04 Å². The van der Waals surface area contributed by atoms with Gasteiger partial charge in [0.15, 0.2) is 5.96 Å². The molecule has 2 N–H and O–H groups in total. The third-order valence-electron chi connectivity index (χ3n) is 4.76. The summed E-state index contributed by atoms with van der Waals surface area (Å²) in [5, 5.41) is 0. The molecular weight excluding hydrogens is 198 g/mol. The van der Waals surface area contributed by atoms with Gasteiger partial charge in [-0.15, -0.1) is 0 Å². The van der Waals surface area contributed by atoms with Gasteiger partial charge >= 0.3 is 0 Å². The van der Waals surface area contributed by atoms with Crippen molar-refractivity contribution < 1.29 is 0 Å². The first-order valence-corrected chi connectivity index (χ1v) is 6.81. The Labute approximate surface area is 98.1 Å². The number of nitrogens with zero attached hydrogens (tertiary/aromatic N) is 2. The van der Waals surface area contributed by atoms with E-state index in [0.717, 1.165) is 18.4 Å². The summed E-state index contributed by atoms with van der Waals surface area (Å²) in [4.78, 5) is 6.99. The van der Waals surface area contributed by atoms with Gasteiger partial charge in [0, 0.05) is 6.04 Å². The summed E-state index contributed by atoms with van der Waals surface area (Å²) in [6.45, 7) is 3.32. The minimum atomic E-state index is 0.242. The summed E-state index contributed by atoms with van der Waals surface area (Å²) in [7, 11) is 0. The van der Waals surface area contributed by atoms with Gasteiger partial charge in [-0.1, -0.05) is 19.3 Å². The number of nitrogens with two attached hydrogens (primary N) is 1. The lowest BCUT2D eigenvalue weighted by molar-refractivity contribution is 0.102. The maximum atomic E-state index is 6.08. The summed E-state index contributed by atoms with van der Waals surface area (Å²) in [6, 6.07) is 0.707. The largest absolute Gasteiger partial charge is 0.370 e. The molecule has 3 heteroatoms. The first-order chi connectivity index (χ1) is 7.72. The third-order valence-corrected chi connectivity index (χ3v) is 4.76. The Balaban J connectivity index is 1.80. The van der Waals surface area contributed by atoms with Crippen LogP contribution in [0.1, 0.15) is 51.9 Å². The molecular formula is C13H23N3. The molecule has 1 heterocycles. The van der Waals surface area contributed by atoms with E-state index in [1.54, 1.807) is 0 Å². The Bertz CT molecular complexity index is 302. The predicted molar refractivity (Wildman–Crippen MR) is 66.3 cm³/mol. The second-order valence-electron chi connectivity index (χ2n) is 5.97. The number of hydrogen-bond donors (Lipinski definition) is 1. The molecule has 1 aliphatic heterocycles. The fourth-order valence-corrected chi connectivity index (χ4v) is 3.64. The standard InChI is InChI=1S/C13H23N3/c1-13(10-5-3-2-4-6-10)9-15-12(14)16(13)11-7-8-11/h10-11H,2-9H2,1H3,(H2,14,15). The van der Waals surface area contributed by atoms with Crippen LogP contribution in [0.3, 0.4) is 0 Å². The summed E-state index contributed by atoms with van der Waals surface area (Å²) >= 11 is 0. The second kappa shape index (κ2) is 3.64. The van der Waals surface area contributed by atoms with Gasteiger partial charge in [0.05, 0.1) is 12.1 Å². The van der Waals surface area contributed by atoms with Gasteiger partial charge in [-0.05, 0) is 38.5 Å². The van der Waals surface area contributed by atoms with Gasteiger partial charge < -0.3 is 10.6 Å². The summed E-state index contributed by atoms with van der Waals surface area (Å²) < 4.78 is 0. The van der Waals surface area contributed by atoms with Crippen LogP contribution < -0.4 is 5.73 Å². The first-order valence-electron chi connectivity index (χ1n) is 6.81. The predicted octanol–water partition coefficient (Wildman–Crippen LogP) is 2.12. The van der Waals surface area contributed by atoms with Gasteiger partial charge in [0.2, 0.25) is 0 Å². The number of hydrogen-bond acceptors (Lipinski definition) is 3. The zero-order chi connectivity index (χ0) is 11.2. The molecule has 2 saturated carbocycles. The van der Waals surface area contributed by atoms with Gasteiger partial charge in [-0.3, -0.25) is 4.99 Å². The van der Waals surface area contributed by atoms with Crippen LogP contribution in [-0.2, 0) is 0 Å². The summed E-state index contributed by atoms with van der Waals surface area (Å²) in [5.74, 6) is 1.63. The molecule has 0 radical (unpaired) electrons. The minimum absolute atomic E-state index is 0.242. The number of guanidine groups is 1. The number of rotatable bonds is 2. The lowest BCUT2D eigenvalue weighted by atomic mass is 9.75. The highest BCUT2D eigenvalue weighted by Crippen LogP contribution is 2.43. The van der Waals surface area contributed by atoms with Crippen LogP contribution in [0.4, 0.5) is 0 Å². The van der Waals surface area contributed by atoms with Gasteiger partial charge in [0.25, 0.3) is 0 Å². The zero-order valence-electron chi connectivity index (χ0n) is 10.3. The molecule has 0 aromatic rings. The molecule has 3 aliphatic rings. The lowest BCUT2D eigenvalue weighted by Crippen LogP contribution is -2.55. The average Bonchev–Trinajstić information content (AvgIpc) is 3.08. The van der Waals surface area contributed by atoms with Gasteiger partial charge in [-0.25, -0.2) is 0 Å². The quantitative estimate of drug-likeness (QED) is 0.776. The molecule has 0 saturated heterocycles. The van der Waals surface area contributed by atoms with E-state index in [9.17, 15) is 0 Å². The summed E-state index contributed by atoms with van der Waals surface area (Å²) in [6.07, 6.45) is 9.62. The van der Waals surface area contributed by atoms with Crippen molar-refractivity contribution in [1.82, 2.24) is 4.90 Å². The highest BCUT2D eigenvalue weighted by molar-refractivity contribution is 5.81. The van der Waals surface area contributed by atoms with E-state index in [4.69, 9.17) is 5.73 Å². The Morgan fingerprint density at radius 1 is 1.19 bits per heavy atom. The average molecular weight is 221 g/mol. The lowest BCUT2D eigenvalue weighted by Gasteiger charge is -2.44. The highest BCUT2D eigenvalue weighted by Gasteiger charge is 2.49. The SMILES string of the molecule is CC1(C2CCCCC2)CN=C(N)N1C1CC1. The molecule has 0 spiro atoms. The van der Waals surface area contributed by atoms with E-state index < -0.39 is 0 Å². The monoisotopic (exact) mass is 221 g/mol. The van der Waals surface area contributed by atoms with Gasteiger partial charge in [-0.2, -0.15) is 0 Å². The van der Waals surface area contributed by atoms with Crippen LogP contribution in [0.5, 0.6) is 0 Å². The van der Waals surface area contributed by atoms with Crippen molar-refractivity contribution in [2.75, 3.05) is 6.54 Å². The van der Waals surface area contributed by atoms with Crippen molar-refractivity contribution in [2.45, 2.75) is 63.5 Å². The molecule has 3 rings (SSSR count). The van der Waals surface area contributed by atoms with Crippen LogP contribution in [0, 0.1) is 5.92 Å².